The van der Waals surface area contributed by atoms with Crippen molar-refractivity contribution < 1.29 is 9.63 Å². The summed E-state index contributed by atoms with van der Waals surface area (Å²) in [5.74, 6) is 0.178. The molecule has 0 saturated carbocycles. The zero-order valence-electron chi connectivity index (χ0n) is 15.5. The van der Waals surface area contributed by atoms with Crippen LogP contribution in [0.3, 0.4) is 0 Å². The first-order valence-electron chi connectivity index (χ1n) is 9.48. The van der Waals surface area contributed by atoms with Gasteiger partial charge in [-0.15, -0.1) is 5.06 Å². The second-order valence-electron chi connectivity index (χ2n) is 6.87. The Labute approximate surface area is 184 Å². The summed E-state index contributed by atoms with van der Waals surface area (Å²) >= 11 is 0. The SMILES string of the molecule is CC(=O)ON1CCCN(CCC(c2ccccc2)c2ccccc2)CC1.[NaH]. The predicted octanol–water partition coefficient (Wildman–Crippen LogP) is 3.05. The molecule has 2 aromatic carbocycles. The van der Waals surface area contributed by atoms with Crippen LogP contribution in [0.5, 0.6) is 0 Å². The number of rotatable bonds is 6. The van der Waals surface area contributed by atoms with Crippen LogP contribution in [0.2, 0.25) is 0 Å². The first-order valence-corrected chi connectivity index (χ1v) is 9.48. The summed E-state index contributed by atoms with van der Waals surface area (Å²) in [4.78, 5) is 18.9. The molecule has 140 valence electrons. The van der Waals surface area contributed by atoms with Crippen LogP contribution in [0.4, 0.5) is 0 Å². The fourth-order valence-electron chi connectivity index (χ4n) is 3.65. The van der Waals surface area contributed by atoms with E-state index in [4.69, 9.17) is 4.84 Å². The first kappa shape index (κ1) is 22.1. The van der Waals surface area contributed by atoms with E-state index in [-0.39, 0.29) is 35.5 Å². The molecule has 2 aromatic rings. The zero-order valence-corrected chi connectivity index (χ0v) is 15.5. The van der Waals surface area contributed by atoms with E-state index in [9.17, 15) is 4.79 Å². The Kier molecular flexibility index (Phi) is 9.52. The van der Waals surface area contributed by atoms with Crippen LogP contribution in [0, 0.1) is 0 Å². The number of benzene rings is 2. The van der Waals surface area contributed by atoms with Crippen LogP contribution >= 0.6 is 0 Å². The van der Waals surface area contributed by atoms with Crippen molar-refractivity contribution in [3.8, 4) is 0 Å². The first-order chi connectivity index (χ1) is 12.7. The van der Waals surface area contributed by atoms with Crippen molar-refractivity contribution in [2.45, 2.75) is 25.7 Å². The minimum absolute atomic E-state index is 0. The van der Waals surface area contributed by atoms with Gasteiger partial charge in [-0.25, -0.2) is 0 Å². The normalized spacial score (nSPS) is 15.8. The molecule has 1 aliphatic heterocycles. The van der Waals surface area contributed by atoms with Crippen molar-refractivity contribution >= 4 is 35.5 Å². The van der Waals surface area contributed by atoms with Gasteiger partial charge in [0.05, 0.1) is 0 Å². The molecule has 4 nitrogen and oxygen atoms in total. The van der Waals surface area contributed by atoms with Gasteiger partial charge in [-0.3, -0.25) is 4.79 Å². The molecule has 0 aliphatic carbocycles. The summed E-state index contributed by atoms with van der Waals surface area (Å²) in [6.07, 6.45) is 2.11. The summed E-state index contributed by atoms with van der Waals surface area (Å²) in [6, 6.07) is 21.5. The van der Waals surface area contributed by atoms with Gasteiger partial charge in [0.15, 0.2) is 0 Å². The van der Waals surface area contributed by atoms with Gasteiger partial charge < -0.3 is 9.74 Å². The van der Waals surface area contributed by atoms with E-state index in [0.29, 0.717) is 5.92 Å². The number of carbonyl (C=O) groups is 1. The van der Waals surface area contributed by atoms with Crippen LogP contribution in [-0.4, -0.2) is 78.2 Å². The monoisotopic (exact) mass is 376 g/mol. The molecular formula is C22H29N2NaO2. The molecule has 1 aliphatic rings. The summed E-state index contributed by atoms with van der Waals surface area (Å²) in [6.45, 7) is 6.09. The van der Waals surface area contributed by atoms with Crippen molar-refractivity contribution in [2.24, 2.45) is 0 Å². The Balaban J connectivity index is 0.00000261. The molecule has 27 heavy (non-hydrogen) atoms. The van der Waals surface area contributed by atoms with Crippen molar-refractivity contribution in [3.63, 3.8) is 0 Å². The molecule has 0 bridgehead atoms. The van der Waals surface area contributed by atoms with Gasteiger partial charge in [0.2, 0.25) is 0 Å². The van der Waals surface area contributed by atoms with Gasteiger partial charge >= 0.3 is 35.5 Å². The van der Waals surface area contributed by atoms with Gasteiger partial charge in [0.1, 0.15) is 0 Å². The second-order valence-corrected chi connectivity index (χ2v) is 6.87. The van der Waals surface area contributed by atoms with Crippen LogP contribution in [-0.2, 0) is 9.63 Å². The summed E-state index contributed by atoms with van der Waals surface area (Å²) in [5.41, 5.74) is 2.74. The third-order valence-electron chi connectivity index (χ3n) is 4.94. The molecule has 0 radical (unpaired) electrons. The summed E-state index contributed by atoms with van der Waals surface area (Å²) in [5, 5.41) is 1.80. The molecule has 0 spiro atoms. The third kappa shape index (κ3) is 7.05. The summed E-state index contributed by atoms with van der Waals surface area (Å²) < 4.78 is 0. The maximum absolute atomic E-state index is 11.2. The number of nitrogens with zero attached hydrogens (tertiary/aromatic N) is 2. The van der Waals surface area contributed by atoms with E-state index in [0.717, 1.165) is 45.6 Å². The summed E-state index contributed by atoms with van der Waals surface area (Å²) in [7, 11) is 0. The Bertz CT molecular complexity index is 642. The second kappa shape index (κ2) is 11.6. The fourth-order valence-corrected chi connectivity index (χ4v) is 3.65. The average Bonchev–Trinajstić information content (AvgIpc) is 2.88. The predicted molar refractivity (Wildman–Crippen MR) is 111 cm³/mol. The number of hydrogen-bond acceptors (Lipinski definition) is 4. The molecule has 1 fully saturated rings. The standard InChI is InChI=1S/C22H28N2O2.Na.H/c1-19(25)26-24-15-8-14-23(17-18-24)16-13-22(20-9-4-2-5-10-20)21-11-6-3-7-12-21;;/h2-7,9-12,22H,8,13-18H2,1H3;;. The van der Waals surface area contributed by atoms with Crippen molar-refractivity contribution in [2.75, 3.05) is 32.7 Å². The Morgan fingerprint density at radius 1 is 0.926 bits per heavy atom. The zero-order chi connectivity index (χ0) is 18.2. The Morgan fingerprint density at radius 2 is 1.52 bits per heavy atom. The maximum atomic E-state index is 11.2. The molecule has 3 rings (SSSR count). The van der Waals surface area contributed by atoms with E-state index in [2.05, 4.69) is 65.6 Å². The van der Waals surface area contributed by atoms with Gasteiger partial charge in [0, 0.05) is 32.5 Å². The number of hydroxylamine groups is 2. The van der Waals surface area contributed by atoms with E-state index in [1.165, 1.54) is 18.1 Å². The Hall–Kier alpha value is -1.17. The van der Waals surface area contributed by atoms with Crippen molar-refractivity contribution in [1.29, 1.82) is 0 Å². The van der Waals surface area contributed by atoms with E-state index >= 15 is 0 Å². The quantitative estimate of drug-likeness (QED) is 0.726. The van der Waals surface area contributed by atoms with Crippen molar-refractivity contribution in [1.82, 2.24) is 9.96 Å². The van der Waals surface area contributed by atoms with Gasteiger partial charge in [0.25, 0.3) is 0 Å². The van der Waals surface area contributed by atoms with Crippen LogP contribution in [0.1, 0.15) is 36.8 Å². The molecule has 0 N–H and O–H groups in total. The van der Waals surface area contributed by atoms with Gasteiger partial charge in [-0.1, -0.05) is 60.7 Å². The molecule has 0 atom stereocenters. The average molecular weight is 376 g/mol. The van der Waals surface area contributed by atoms with Crippen LogP contribution in [0.25, 0.3) is 0 Å². The Morgan fingerprint density at radius 3 is 2.07 bits per heavy atom. The van der Waals surface area contributed by atoms with Crippen LogP contribution < -0.4 is 0 Å². The van der Waals surface area contributed by atoms with E-state index in [1.807, 2.05) is 0 Å². The number of carbonyl (C=O) groups excluding carboxylic acids is 1. The van der Waals surface area contributed by atoms with E-state index < -0.39 is 0 Å². The van der Waals surface area contributed by atoms with Gasteiger partial charge in [-0.05, 0) is 37.1 Å². The molecule has 0 amide bonds. The number of hydrogen-bond donors (Lipinski definition) is 0. The topological polar surface area (TPSA) is 32.8 Å². The molecular weight excluding hydrogens is 347 g/mol. The molecule has 5 heteroatoms. The minimum atomic E-state index is -0.230. The van der Waals surface area contributed by atoms with Crippen molar-refractivity contribution in [3.05, 3.63) is 71.8 Å². The molecule has 1 heterocycles. The fraction of sp³-hybridized carbons (Fsp3) is 0.409. The van der Waals surface area contributed by atoms with Gasteiger partial charge in [-0.2, -0.15) is 0 Å². The molecule has 1 saturated heterocycles. The molecule has 0 unspecified atom stereocenters. The molecule has 0 aromatic heterocycles. The third-order valence-corrected chi connectivity index (χ3v) is 4.94. The van der Waals surface area contributed by atoms with E-state index in [1.54, 1.807) is 5.06 Å². The van der Waals surface area contributed by atoms with Crippen LogP contribution in [0.15, 0.2) is 60.7 Å².